The molecule has 1 aromatic rings. The summed E-state index contributed by atoms with van der Waals surface area (Å²) in [6, 6.07) is -4.84. The number of aliphatic hydroxyl groups is 2. The molecule has 2 unspecified atom stereocenters. The SMILES string of the molecule is CCCC(=O)NC(CO)c1noc([C@H](CC(N)=O)NC(=O)N[C@H](C(=O)O)C(C)O)n1. The Morgan fingerprint density at radius 2 is 1.83 bits per heavy atom. The number of carbonyl (C=O) groups excluding carboxylic acids is 3. The van der Waals surface area contributed by atoms with Crippen LogP contribution in [-0.2, 0) is 14.4 Å². The van der Waals surface area contributed by atoms with Gasteiger partial charge in [-0.1, -0.05) is 12.1 Å². The molecule has 0 aliphatic rings. The highest BCUT2D eigenvalue weighted by molar-refractivity contribution is 5.83. The maximum atomic E-state index is 12.1. The number of nitrogens with one attached hydrogen (secondary N) is 3. The van der Waals surface area contributed by atoms with Crippen molar-refractivity contribution in [3.63, 3.8) is 0 Å². The van der Waals surface area contributed by atoms with Crippen molar-refractivity contribution < 1.29 is 39.0 Å². The molecule has 4 amide bonds. The maximum absolute atomic E-state index is 12.1. The van der Waals surface area contributed by atoms with Crippen LogP contribution in [0.1, 0.15) is 56.9 Å². The predicted octanol–water partition coefficient (Wildman–Crippen LogP) is -1.93. The van der Waals surface area contributed by atoms with E-state index in [1.165, 1.54) is 6.92 Å². The standard InChI is InChI=1S/C16H26N6O8/c1-3-4-11(26)18-9(6-23)13-21-14(30-22-13)8(5-10(17)25)19-16(29)20-12(7(2)24)15(27)28/h7-9,12,23-24H,3-6H2,1-2H3,(H2,17,25)(H,18,26)(H,27,28)(H2,19,20,29)/t7?,8-,9?,12-/m0/s1. The minimum Gasteiger partial charge on any atom is -0.480 e. The third-order valence-electron chi connectivity index (χ3n) is 3.81. The van der Waals surface area contributed by atoms with Crippen molar-refractivity contribution in [1.82, 2.24) is 26.1 Å². The van der Waals surface area contributed by atoms with Gasteiger partial charge >= 0.3 is 12.0 Å². The summed E-state index contributed by atoms with van der Waals surface area (Å²) in [5.41, 5.74) is 5.16. The summed E-state index contributed by atoms with van der Waals surface area (Å²) in [7, 11) is 0. The number of aromatic nitrogens is 2. The highest BCUT2D eigenvalue weighted by Crippen LogP contribution is 2.17. The second-order valence-corrected chi connectivity index (χ2v) is 6.44. The van der Waals surface area contributed by atoms with Gasteiger partial charge in [0.25, 0.3) is 0 Å². The number of aliphatic carboxylic acids is 1. The average molecular weight is 430 g/mol. The highest BCUT2D eigenvalue weighted by atomic mass is 16.5. The Hall–Kier alpha value is -3.26. The van der Waals surface area contributed by atoms with E-state index in [9.17, 15) is 29.4 Å². The van der Waals surface area contributed by atoms with Gasteiger partial charge < -0.3 is 41.5 Å². The van der Waals surface area contributed by atoms with Gasteiger partial charge in [-0.2, -0.15) is 4.98 Å². The van der Waals surface area contributed by atoms with Crippen molar-refractivity contribution >= 4 is 23.8 Å². The Morgan fingerprint density at radius 3 is 2.33 bits per heavy atom. The van der Waals surface area contributed by atoms with Gasteiger partial charge in [0, 0.05) is 6.42 Å². The summed E-state index contributed by atoms with van der Waals surface area (Å²) in [6.45, 7) is 2.45. The van der Waals surface area contributed by atoms with E-state index in [0.717, 1.165) is 0 Å². The van der Waals surface area contributed by atoms with Crippen molar-refractivity contribution in [3.05, 3.63) is 11.7 Å². The van der Waals surface area contributed by atoms with E-state index in [2.05, 4.69) is 20.8 Å². The van der Waals surface area contributed by atoms with Crippen LogP contribution in [0, 0.1) is 0 Å². The molecule has 14 nitrogen and oxygen atoms in total. The van der Waals surface area contributed by atoms with Crippen LogP contribution in [0.15, 0.2) is 4.52 Å². The van der Waals surface area contributed by atoms with Gasteiger partial charge in [-0.05, 0) is 13.3 Å². The zero-order valence-corrected chi connectivity index (χ0v) is 16.5. The molecule has 0 spiro atoms. The van der Waals surface area contributed by atoms with Crippen molar-refractivity contribution in [2.45, 2.75) is 57.3 Å². The molecular weight excluding hydrogens is 404 g/mol. The molecule has 0 bridgehead atoms. The fourth-order valence-corrected chi connectivity index (χ4v) is 2.35. The smallest absolute Gasteiger partial charge is 0.328 e. The number of amides is 4. The number of urea groups is 1. The average Bonchev–Trinajstić information content (AvgIpc) is 3.13. The molecule has 30 heavy (non-hydrogen) atoms. The van der Waals surface area contributed by atoms with E-state index in [1.807, 2.05) is 5.32 Å². The summed E-state index contributed by atoms with van der Waals surface area (Å²) >= 11 is 0. The molecule has 14 heteroatoms. The number of nitrogens with two attached hydrogens (primary N) is 1. The lowest BCUT2D eigenvalue weighted by Crippen LogP contribution is -2.52. The summed E-state index contributed by atoms with van der Waals surface area (Å²) in [6.07, 6.45) is -1.05. The first-order chi connectivity index (χ1) is 14.1. The van der Waals surface area contributed by atoms with E-state index in [0.29, 0.717) is 6.42 Å². The van der Waals surface area contributed by atoms with Crippen LogP contribution >= 0.6 is 0 Å². The molecule has 0 aromatic carbocycles. The van der Waals surface area contributed by atoms with Gasteiger partial charge in [0.05, 0.1) is 19.1 Å². The van der Waals surface area contributed by atoms with Crippen LogP contribution in [0.4, 0.5) is 4.79 Å². The van der Waals surface area contributed by atoms with Gasteiger partial charge in [0.2, 0.25) is 17.7 Å². The van der Waals surface area contributed by atoms with Crippen LogP contribution in [0.5, 0.6) is 0 Å². The molecular formula is C16H26N6O8. The van der Waals surface area contributed by atoms with Gasteiger partial charge in [0.15, 0.2) is 11.9 Å². The van der Waals surface area contributed by atoms with Crippen LogP contribution in [0.2, 0.25) is 0 Å². The first kappa shape index (κ1) is 24.8. The van der Waals surface area contributed by atoms with Crippen molar-refractivity contribution in [2.24, 2.45) is 5.73 Å². The van der Waals surface area contributed by atoms with E-state index in [-0.39, 0.29) is 24.0 Å². The number of aliphatic hydroxyl groups excluding tert-OH is 2. The number of carbonyl (C=O) groups is 4. The number of carboxylic acids is 1. The Kier molecular flexibility index (Phi) is 9.64. The Morgan fingerprint density at radius 1 is 1.17 bits per heavy atom. The largest absolute Gasteiger partial charge is 0.480 e. The zero-order chi connectivity index (χ0) is 22.8. The monoisotopic (exact) mass is 430 g/mol. The van der Waals surface area contributed by atoms with E-state index >= 15 is 0 Å². The summed E-state index contributed by atoms with van der Waals surface area (Å²) < 4.78 is 5.01. The second-order valence-electron chi connectivity index (χ2n) is 6.44. The highest BCUT2D eigenvalue weighted by Gasteiger charge is 2.29. The summed E-state index contributed by atoms with van der Waals surface area (Å²) in [4.78, 5) is 50.2. The number of hydrogen-bond donors (Lipinski definition) is 7. The van der Waals surface area contributed by atoms with E-state index < -0.39 is 55.2 Å². The number of carboxylic acid groups (broad SMARTS) is 1. The van der Waals surface area contributed by atoms with E-state index in [1.54, 1.807) is 6.92 Å². The predicted molar refractivity (Wildman–Crippen MR) is 98.5 cm³/mol. The third kappa shape index (κ3) is 7.63. The molecule has 4 atom stereocenters. The maximum Gasteiger partial charge on any atom is 0.328 e. The molecule has 8 N–H and O–H groups in total. The van der Waals surface area contributed by atoms with Crippen LogP contribution < -0.4 is 21.7 Å². The number of nitrogens with zero attached hydrogens (tertiary/aromatic N) is 2. The van der Waals surface area contributed by atoms with Crippen LogP contribution in [0.25, 0.3) is 0 Å². The van der Waals surface area contributed by atoms with Crippen molar-refractivity contribution in [3.8, 4) is 0 Å². The zero-order valence-electron chi connectivity index (χ0n) is 16.5. The Bertz CT molecular complexity index is 752. The van der Waals surface area contributed by atoms with E-state index in [4.69, 9.17) is 15.4 Å². The normalized spacial score (nSPS) is 14.8. The lowest BCUT2D eigenvalue weighted by atomic mass is 10.2. The van der Waals surface area contributed by atoms with Gasteiger partial charge in [-0.25, -0.2) is 9.59 Å². The van der Waals surface area contributed by atoms with Gasteiger partial charge in [-0.15, -0.1) is 0 Å². The summed E-state index contributed by atoms with van der Waals surface area (Å²) in [5.74, 6) is -3.00. The number of rotatable bonds is 12. The van der Waals surface area contributed by atoms with Gasteiger partial charge in [-0.3, -0.25) is 9.59 Å². The quantitative estimate of drug-likeness (QED) is 0.194. The molecule has 0 saturated heterocycles. The number of primary amides is 1. The fraction of sp³-hybridized carbons (Fsp3) is 0.625. The third-order valence-corrected chi connectivity index (χ3v) is 3.81. The molecule has 1 aromatic heterocycles. The lowest BCUT2D eigenvalue weighted by Gasteiger charge is -2.19. The lowest BCUT2D eigenvalue weighted by molar-refractivity contribution is -0.141. The van der Waals surface area contributed by atoms with Crippen LogP contribution in [-0.4, -0.2) is 68.0 Å². The topological polar surface area (TPSA) is 230 Å². The molecule has 0 fully saturated rings. The first-order valence-electron chi connectivity index (χ1n) is 9.08. The Balaban J connectivity index is 2.96. The minimum atomic E-state index is -1.61. The molecule has 1 heterocycles. The molecule has 0 radical (unpaired) electrons. The second kappa shape index (κ2) is 11.7. The fourth-order valence-electron chi connectivity index (χ4n) is 2.35. The Labute approximate surface area is 171 Å². The summed E-state index contributed by atoms with van der Waals surface area (Å²) in [5, 5.41) is 38.4. The van der Waals surface area contributed by atoms with Crippen molar-refractivity contribution in [2.75, 3.05) is 6.61 Å². The minimum absolute atomic E-state index is 0.0963. The molecule has 0 aliphatic heterocycles. The van der Waals surface area contributed by atoms with Crippen molar-refractivity contribution in [1.29, 1.82) is 0 Å². The van der Waals surface area contributed by atoms with Crippen LogP contribution in [0.3, 0.4) is 0 Å². The molecule has 1 rings (SSSR count). The first-order valence-corrected chi connectivity index (χ1v) is 9.08. The van der Waals surface area contributed by atoms with Gasteiger partial charge in [0.1, 0.15) is 12.1 Å². The molecule has 0 saturated carbocycles. The molecule has 168 valence electrons. The molecule has 0 aliphatic carbocycles. The number of hydrogen-bond acceptors (Lipinski definition) is 9.